The predicted octanol–water partition coefficient (Wildman–Crippen LogP) is 4.36. The second-order valence-corrected chi connectivity index (χ2v) is 7.50. The lowest BCUT2D eigenvalue weighted by Gasteiger charge is -2.35. The minimum atomic E-state index is 0.132. The number of carbonyl (C=O) groups is 1. The third kappa shape index (κ3) is 5.83. The summed E-state index contributed by atoms with van der Waals surface area (Å²) < 4.78 is 5.60. The Labute approximate surface area is 168 Å². The van der Waals surface area contributed by atoms with Gasteiger partial charge in [0.05, 0.1) is 13.2 Å². The Hall–Kier alpha value is -2.33. The van der Waals surface area contributed by atoms with E-state index in [0.717, 1.165) is 37.2 Å². The van der Waals surface area contributed by atoms with E-state index in [9.17, 15) is 4.79 Å². The normalized spacial score (nSPS) is 15.8. The SMILES string of the molecule is COc1ccccc1C(CNC(=O)CCCc1ccccc1)N1CCCCC1. The third-order valence-electron chi connectivity index (χ3n) is 5.53. The van der Waals surface area contributed by atoms with Crippen LogP contribution in [0, 0.1) is 0 Å². The second kappa shape index (κ2) is 10.9. The molecule has 1 unspecified atom stereocenters. The molecule has 28 heavy (non-hydrogen) atoms. The zero-order chi connectivity index (χ0) is 19.6. The highest BCUT2D eigenvalue weighted by molar-refractivity contribution is 5.75. The zero-order valence-electron chi connectivity index (χ0n) is 16.9. The number of hydrogen-bond acceptors (Lipinski definition) is 3. The van der Waals surface area contributed by atoms with E-state index in [0.29, 0.717) is 13.0 Å². The van der Waals surface area contributed by atoms with Crippen molar-refractivity contribution in [2.75, 3.05) is 26.7 Å². The molecule has 0 aliphatic carbocycles. The Morgan fingerprint density at radius 2 is 1.75 bits per heavy atom. The van der Waals surface area contributed by atoms with E-state index in [1.807, 2.05) is 30.3 Å². The standard InChI is InChI=1S/C24H32N2O2/c1-28-23-15-7-6-14-21(23)22(26-17-8-3-9-18-26)19-25-24(27)16-10-13-20-11-4-2-5-12-20/h2,4-7,11-12,14-15,22H,3,8-10,13,16-19H2,1H3,(H,25,27). The average Bonchev–Trinajstić information content (AvgIpc) is 2.76. The smallest absolute Gasteiger partial charge is 0.220 e. The van der Waals surface area contributed by atoms with Crippen molar-refractivity contribution in [3.8, 4) is 5.75 Å². The van der Waals surface area contributed by atoms with Gasteiger partial charge in [-0.1, -0.05) is 55.0 Å². The summed E-state index contributed by atoms with van der Waals surface area (Å²) in [6, 6.07) is 18.7. The lowest BCUT2D eigenvalue weighted by molar-refractivity contribution is -0.121. The molecule has 0 spiro atoms. The van der Waals surface area contributed by atoms with Crippen molar-refractivity contribution in [2.45, 2.75) is 44.6 Å². The van der Waals surface area contributed by atoms with Crippen molar-refractivity contribution in [3.05, 3.63) is 65.7 Å². The van der Waals surface area contributed by atoms with Gasteiger partial charge < -0.3 is 10.1 Å². The number of likely N-dealkylation sites (tertiary alicyclic amines) is 1. The molecular weight excluding hydrogens is 348 g/mol. The van der Waals surface area contributed by atoms with Crippen LogP contribution in [0.4, 0.5) is 0 Å². The van der Waals surface area contributed by atoms with Gasteiger partial charge in [0.25, 0.3) is 0 Å². The van der Waals surface area contributed by atoms with Gasteiger partial charge in [0.2, 0.25) is 5.91 Å². The molecule has 1 heterocycles. The number of nitrogens with zero attached hydrogens (tertiary/aromatic N) is 1. The van der Waals surface area contributed by atoms with Gasteiger partial charge in [-0.25, -0.2) is 0 Å². The fraction of sp³-hybridized carbons (Fsp3) is 0.458. The number of ether oxygens (including phenoxy) is 1. The second-order valence-electron chi connectivity index (χ2n) is 7.50. The van der Waals surface area contributed by atoms with Crippen LogP contribution in [0.15, 0.2) is 54.6 Å². The number of methoxy groups -OCH3 is 1. The lowest BCUT2D eigenvalue weighted by Crippen LogP contribution is -2.40. The Morgan fingerprint density at radius 3 is 2.50 bits per heavy atom. The molecule has 0 aromatic heterocycles. The van der Waals surface area contributed by atoms with Crippen LogP contribution in [0.25, 0.3) is 0 Å². The maximum atomic E-state index is 12.4. The summed E-state index contributed by atoms with van der Waals surface area (Å²) >= 11 is 0. The van der Waals surface area contributed by atoms with Crippen LogP contribution in [0.3, 0.4) is 0 Å². The molecule has 4 heteroatoms. The molecule has 0 bridgehead atoms. The monoisotopic (exact) mass is 380 g/mol. The third-order valence-corrected chi connectivity index (χ3v) is 5.53. The van der Waals surface area contributed by atoms with Gasteiger partial charge in [0, 0.05) is 18.5 Å². The van der Waals surface area contributed by atoms with E-state index < -0.39 is 0 Å². The molecule has 3 rings (SSSR count). The van der Waals surface area contributed by atoms with Gasteiger partial charge in [-0.15, -0.1) is 0 Å². The number of benzene rings is 2. The van der Waals surface area contributed by atoms with Crippen molar-refractivity contribution in [2.24, 2.45) is 0 Å². The van der Waals surface area contributed by atoms with Crippen molar-refractivity contribution < 1.29 is 9.53 Å². The number of aryl methyl sites for hydroxylation is 1. The summed E-state index contributed by atoms with van der Waals surface area (Å²) in [5, 5.41) is 3.18. The van der Waals surface area contributed by atoms with Crippen LogP contribution < -0.4 is 10.1 Å². The molecule has 1 atom stereocenters. The van der Waals surface area contributed by atoms with Gasteiger partial charge in [0.15, 0.2) is 0 Å². The molecule has 4 nitrogen and oxygen atoms in total. The zero-order valence-corrected chi connectivity index (χ0v) is 16.9. The number of piperidine rings is 1. The molecule has 1 amide bonds. The van der Waals surface area contributed by atoms with E-state index in [1.54, 1.807) is 7.11 Å². The minimum Gasteiger partial charge on any atom is -0.496 e. The highest BCUT2D eigenvalue weighted by atomic mass is 16.5. The van der Waals surface area contributed by atoms with Gasteiger partial charge in [-0.3, -0.25) is 9.69 Å². The van der Waals surface area contributed by atoms with E-state index in [4.69, 9.17) is 4.74 Å². The molecular formula is C24H32N2O2. The van der Waals surface area contributed by atoms with Crippen molar-refractivity contribution in [3.63, 3.8) is 0 Å². The van der Waals surface area contributed by atoms with Crippen molar-refractivity contribution >= 4 is 5.91 Å². The first kappa shape index (κ1) is 20.4. The van der Waals surface area contributed by atoms with Crippen LogP contribution in [0.5, 0.6) is 5.75 Å². The van der Waals surface area contributed by atoms with Gasteiger partial charge in [0.1, 0.15) is 5.75 Å². The number of amides is 1. The van der Waals surface area contributed by atoms with Crippen LogP contribution >= 0.6 is 0 Å². The summed E-state index contributed by atoms with van der Waals surface area (Å²) in [7, 11) is 1.72. The van der Waals surface area contributed by atoms with E-state index in [1.165, 1.54) is 24.8 Å². The topological polar surface area (TPSA) is 41.6 Å². The van der Waals surface area contributed by atoms with E-state index >= 15 is 0 Å². The maximum Gasteiger partial charge on any atom is 0.220 e. The van der Waals surface area contributed by atoms with Crippen LogP contribution in [0.2, 0.25) is 0 Å². The summed E-state index contributed by atoms with van der Waals surface area (Å²) in [4.78, 5) is 14.9. The van der Waals surface area contributed by atoms with Crippen LogP contribution in [-0.4, -0.2) is 37.6 Å². The lowest BCUT2D eigenvalue weighted by atomic mass is 10.0. The molecule has 2 aromatic rings. The van der Waals surface area contributed by atoms with E-state index in [-0.39, 0.29) is 11.9 Å². The Balaban J connectivity index is 1.57. The number of hydrogen-bond donors (Lipinski definition) is 1. The molecule has 0 radical (unpaired) electrons. The fourth-order valence-corrected chi connectivity index (χ4v) is 4.00. The average molecular weight is 381 g/mol. The van der Waals surface area contributed by atoms with Crippen molar-refractivity contribution in [1.82, 2.24) is 10.2 Å². The summed E-state index contributed by atoms with van der Waals surface area (Å²) in [6.45, 7) is 2.78. The number of nitrogens with one attached hydrogen (secondary N) is 1. The van der Waals surface area contributed by atoms with E-state index in [2.05, 4.69) is 34.5 Å². The molecule has 1 aliphatic heterocycles. The first-order valence-electron chi connectivity index (χ1n) is 10.5. The highest BCUT2D eigenvalue weighted by Gasteiger charge is 2.25. The first-order chi connectivity index (χ1) is 13.8. The largest absolute Gasteiger partial charge is 0.496 e. The van der Waals surface area contributed by atoms with Gasteiger partial charge in [-0.2, -0.15) is 0 Å². The predicted molar refractivity (Wildman–Crippen MR) is 114 cm³/mol. The summed E-state index contributed by atoms with van der Waals surface area (Å²) in [6.07, 6.45) is 6.11. The number of carbonyl (C=O) groups excluding carboxylic acids is 1. The fourth-order valence-electron chi connectivity index (χ4n) is 4.00. The molecule has 1 fully saturated rings. The quantitative estimate of drug-likeness (QED) is 0.703. The molecule has 150 valence electrons. The highest BCUT2D eigenvalue weighted by Crippen LogP contribution is 2.30. The van der Waals surface area contributed by atoms with Gasteiger partial charge >= 0.3 is 0 Å². The maximum absolute atomic E-state index is 12.4. The Kier molecular flexibility index (Phi) is 7.92. The minimum absolute atomic E-state index is 0.132. The number of rotatable bonds is 9. The van der Waals surface area contributed by atoms with Crippen molar-refractivity contribution in [1.29, 1.82) is 0 Å². The molecule has 1 N–H and O–H groups in total. The molecule has 1 aliphatic rings. The Morgan fingerprint density at radius 1 is 1.04 bits per heavy atom. The molecule has 0 saturated carbocycles. The number of para-hydroxylation sites is 1. The van der Waals surface area contributed by atoms with Gasteiger partial charge in [-0.05, 0) is 50.4 Å². The first-order valence-corrected chi connectivity index (χ1v) is 10.5. The summed E-state index contributed by atoms with van der Waals surface area (Å²) in [5.41, 5.74) is 2.45. The van der Waals surface area contributed by atoms with Crippen LogP contribution in [0.1, 0.15) is 49.3 Å². The van der Waals surface area contributed by atoms with Crippen LogP contribution in [-0.2, 0) is 11.2 Å². The summed E-state index contributed by atoms with van der Waals surface area (Å²) in [5.74, 6) is 1.03. The molecule has 1 saturated heterocycles. The Bertz CT molecular complexity index is 726. The molecule has 2 aromatic carbocycles.